The molecular formula is C12H14N4O2S. The first-order valence-corrected chi connectivity index (χ1v) is 6.49. The highest BCUT2D eigenvalue weighted by Crippen LogP contribution is 2.27. The molecule has 19 heavy (non-hydrogen) atoms. The van der Waals surface area contributed by atoms with Crippen LogP contribution in [0.1, 0.15) is 6.42 Å². The fourth-order valence-electron chi connectivity index (χ4n) is 1.44. The lowest BCUT2D eigenvalue weighted by Gasteiger charge is -1.99. The molecule has 1 aromatic heterocycles. The van der Waals surface area contributed by atoms with Crippen LogP contribution in [0.5, 0.6) is 0 Å². The number of aromatic nitrogens is 2. The second kappa shape index (κ2) is 6.26. The molecule has 1 amide bonds. The van der Waals surface area contributed by atoms with Crippen LogP contribution < -0.4 is 11.1 Å². The molecule has 6 nitrogen and oxygen atoms in total. The molecule has 0 aliphatic rings. The molecule has 100 valence electrons. The molecule has 0 radical (unpaired) electrons. The summed E-state index contributed by atoms with van der Waals surface area (Å²) in [6.45, 7) is 0.382. The van der Waals surface area contributed by atoms with E-state index in [0.717, 1.165) is 5.56 Å². The average Bonchev–Trinajstić information content (AvgIpc) is 2.85. The topological polar surface area (TPSA) is 90.1 Å². The number of hydrogen-bond acceptors (Lipinski definition) is 6. The monoisotopic (exact) mass is 278 g/mol. The number of nitrogens with two attached hydrogens (primary N) is 1. The van der Waals surface area contributed by atoms with Gasteiger partial charge in [-0.3, -0.25) is 4.79 Å². The maximum Gasteiger partial charge on any atom is 0.228 e. The molecule has 0 atom stereocenters. The minimum Gasteiger partial charge on any atom is -0.399 e. The average molecular weight is 278 g/mol. The van der Waals surface area contributed by atoms with Crippen LogP contribution in [0.3, 0.4) is 0 Å². The Kier molecular flexibility index (Phi) is 4.43. The highest BCUT2D eigenvalue weighted by Gasteiger charge is 2.09. The van der Waals surface area contributed by atoms with E-state index in [9.17, 15) is 4.79 Å². The molecule has 1 heterocycles. The van der Waals surface area contributed by atoms with Crippen molar-refractivity contribution in [3.05, 3.63) is 24.3 Å². The Morgan fingerprint density at radius 2 is 2.32 bits per heavy atom. The van der Waals surface area contributed by atoms with Crippen LogP contribution in [0, 0.1) is 0 Å². The lowest BCUT2D eigenvalue weighted by Crippen LogP contribution is -2.13. The van der Waals surface area contributed by atoms with Gasteiger partial charge in [-0.2, -0.15) is 0 Å². The number of ether oxygens (including phenoxy) is 1. The van der Waals surface area contributed by atoms with Crippen LogP contribution in [0.4, 0.5) is 10.8 Å². The van der Waals surface area contributed by atoms with Crippen molar-refractivity contribution in [1.29, 1.82) is 0 Å². The van der Waals surface area contributed by atoms with Gasteiger partial charge in [-0.1, -0.05) is 23.5 Å². The molecule has 0 bridgehead atoms. The first-order chi connectivity index (χ1) is 9.19. The molecule has 3 N–H and O–H groups in total. The summed E-state index contributed by atoms with van der Waals surface area (Å²) in [4.78, 5) is 11.5. The molecular weight excluding hydrogens is 264 g/mol. The standard InChI is InChI=1S/C12H14N4O2S/c1-18-6-5-10(17)14-12-16-15-11(19-12)8-3-2-4-9(13)7-8/h2-4,7H,5-6,13H2,1H3,(H,14,16,17). The van der Waals surface area contributed by atoms with Crippen molar-refractivity contribution in [2.45, 2.75) is 6.42 Å². The summed E-state index contributed by atoms with van der Waals surface area (Å²) < 4.78 is 4.83. The molecule has 0 spiro atoms. The first kappa shape index (κ1) is 13.4. The Morgan fingerprint density at radius 3 is 3.05 bits per heavy atom. The molecule has 0 aliphatic carbocycles. The van der Waals surface area contributed by atoms with Crippen molar-refractivity contribution in [3.63, 3.8) is 0 Å². The normalized spacial score (nSPS) is 10.4. The molecule has 0 aliphatic heterocycles. The Balaban J connectivity index is 2.05. The number of carbonyl (C=O) groups is 1. The summed E-state index contributed by atoms with van der Waals surface area (Å²) in [6.07, 6.45) is 0.295. The van der Waals surface area contributed by atoms with Gasteiger partial charge < -0.3 is 15.8 Å². The van der Waals surface area contributed by atoms with Crippen LogP contribution in [-0.4, -0.2) is 29.8 Å². The molecule has 2 rings (SSSR count). The van der Waals surface area contributed by atoms with Crippen LogP contribution in [0.25, 0.3) is 10.6 Å². The van der Waals surface area contributed by atoms with Gasteiger partial charge in [-0.15, -0.1) is 10.2 Å². The van der Waals surface area contributed by atoms with E-state index in [1.54, 1.807) is 13.2 Å². The SMILES string of the molecule is COCCC(=O)Nc1nnc(-c2cccc(N)c2)s1. The highest BCUT2D eigenvalue weighted by atomic mass is 32.1. The number of benzene rings is 1. The Labute approximate surface area is 114 Å². The maximum atomic E-state index is 11.5. The fourth-order valence-corrected chi connectivity index (χ4v) is 2.19. The van der Waals surface area contributed by atoms with E-state index in [0.29, 0.717) is 28.9 Å². The van der Waals surface area contributed by atoms with Crippen molar-refractivity contribution < 1.29 is 9.53 Å². The summed E-state index contributed by atoms with van der Waals surface area (Å²) in [5, 5.41) is 11.8. The van der Waals surface area contributed by atoms with Gasteiger partial charge in [0, 0.05) is 18.4 Å². The fraction of sp³-hybridized carbons (Fsp3) is 0.250. The number of anilines is 2. The quantitative estimate of drug-likeness (QED) is 0.813. The van der Waals surface area contributed by atoms with Crippen LogP contribution in [-0.2, 0) is 9.53 Å². The van der Waals surface area contributed by atoms with E-state index in [1.807, 2.05) is 18.2 Å². The number of carbonyl (C=O) groups excluding carboxylic acids is 1. The number of methoxy groups -OCH3 is 1. The Hall–Kier alpha value is -1.99. The zero-order valence-corrected chi connectivity index (χ0v) is 11.2. The number of nitrogens with zero attached hydrogens (tertiary/aromatic N) is 2. The maximum absolute atomic E-state index is 11.5. The third-order valence-corrected chi connectivity index (χ3v) is 3.23. The van der Waals surface area contributed by atoms with Gasteiger partial charge in [0.1, 0.15) is 5.01 Å². The second-order valence-corrected chi connectivity index (χ2v) is 4.81. The number of nitrogens with one attached hydrogen (secondary N) is 1. The van der Waals surface area contributed by atoms with Gasteiger partial charge in [0.15, 0.2) is 0 Å². The number of amides is 1. The van der Waals surface area contributed by atoms with Crippen LogP contribution >= 0.6 is 11.3 Å². The molecule has 0 fully saturated rings. The first-order valence-electron chi connectivity index (χ1n) is 5.67. The van der Waals surface area contributed by atoms with Gasteiger partial charge >= 0.3 is 0 Å². The van der Waals surface area contributed by atoms with Gasteiger partial charge in [0.2, 0.25) is 11.0 Å². The lowest BCUT2D eigenvalue weighted by molar-refractivity contribution is -0.117. The summed E-state index contributed by atoms with van der Waals surface area (Å²) in [5.41, 5.74) is 7.26. The zero-order chi connectivity index (χ0) is 13.7. The van der Waals surface area contributed by atoms with E-state index in [4.69, 9.17) is 10.5 Å². The van der Waals surface area contributed by atoms with Crippen molar-refractivity contribution in [2.24, 2.45) is 0 Å². The third kappa shape index (κ3) is 3.73. The molecule has 0 unspecified atom stereocenters. The van der Waals surface area contributed by atoms with Crippen molar-refractivity contribution in [3.8, 4) is 10.6 Å². The zero-order valence-electron chi connectivity index (χ0n) is 10.4. The minimum atomic E-state index is -0.142. The second-order valence-electron chi connectivity index (χ2n) is 3.83. The van der Waals surface area contributed by atoms with E-state index in [2.05, 4.69) is 15.5 Å². The van der Waals surface area contributed by atoms with Gasteiger partial charge in [-0.05, 0) is 12.1 Å². The molecule has 7 heteroatoms. The summed E-state index contributed by atoms with van der Waals surface area (Å²) >= 11 is 1.31. The Bertz CT molecular complexity index is 570. The van der Waals surface area contributed by atoms with Gasteiger partial charge in [0.05, 0.1) is 13.0 Å². The Morgan fingerprint density at radius 1 is 1.47 bits per heavy atom. The van der Waals surface area contributed by atoms with Crippen LogP contribution in [0.15, 0.2) is 24.3 Å². The summed E-state index contributed by atoms with van der Waals surface area (Å²) in [7, 11) is 1.55. The van der Waals surface area contributed by atoms with E-state index < -0.39 is 0 Å². The van der Waals surface area contributed by atoms with E-state index >= 15 is 0 Å². The summed E-state index contributed by atoms with van der Waals surface area (Å²) in [6, 6.07) is 7.37. The van der Waals surface area contributed by atoms with Gasteiger partial charge in [-0.25, -0.2) is 0 Å². The smallest absolute Gasteiger partial charge is 0.228 e. The molecule has 1 aromatic carbocycles. The third-order valence-electron chi connectivity index (χ3n) is 2.34. The number of hydrogen-bond donors (Lipinski definition) is 2. The predicted molar refractivity (Wildman–Crippen MR) is 74.9 cm³/mol. The predicted octanol–water partition coefficient (Wildman–Crippen LogP) is 1.76. The van der Waals surface area contributed by atoms with Gasteiger partial charge in [0.25, 0.3) is 0 Å². The number of rotatable bonds is 5. The molecule has 0 saturated heterocycles. The van der Waals surface area contributed by atoms with E-state index in [1.165, 1.54) is 11.3 Å². The largest absolute Gasteiger partial charge is 0.399 e. The summed E-state index contributed by atoms with van der Waals surface area (Å²) in [5.74, 6) is -0.142. The minimum absolute atomic E-state index is 0.142. The molecule has 0 saturated carbocycles. The number of nitrogen functional groups attached to an aromatic ring is 1. The van der Waals surface area contributed by atoms with Crippen molar-refractivity contribution in [1.82, 2.24) is 10.2 Å². The van der Waals surface area contributed by atoms with Crippen molar-refractivity contribution >= 4 is 28.1 Å². The van der Waals surface area contributed by atoms with Crippen molar-refractivity contribution in [2.75, 3.05) is 24.8 Å². The lowest BCUT2D eigenvalue weighted by atomic mass is 10.2. The van der Waals surface area contributed by atoms with E-state index in [-0.39, 0.29) is 5.91 Å². The molecule has 2 aromatic rings. The highest BCUT2D eigenvalue weighted by molar-refractivity contribution is 7.18. The van der Waals surface area contributed by atoms with Crippen LogP contribution in [0.2, 0.25) is 0 Å².